The molecule has 41 valence electrons. The molecule has 0 saturated heterocycles. The molecule has 0 aliphatic carbocycles. The maximum absolute atomic E-state index is 8.80. The molecule has 0 saturated carbocycles. The normalized spacial score (nSPS) is 9.67. The third-order valence-corrected chi connectivity index (χ3v) is 0. The fourth-order valence-electron chi connectivity index (χ4n) is 0. The first-order valence-electron chi connectivity index (χ1n) is 0.647. The van der Waals surface area contributed by atoms with E-state index >= 15 is 0 Å². The summed E-state index contributed by atoms with van der Waals surface area (Å²) in [6.45, 7) is 0. The summed E-state index contributed by atoms with van der Waals surface area (Å²) < 4.78 is 31.8. The van der Waals surface area contributed by atoms with E-state index in [1.54, 1.807) is 0 Å². The second-order valence-corrected chi connectivity index (χ2v) is 1.71. The van der Waals surface area contributed by atoms with Gasteiger partial charge in [0.05, 0.1) is 0 Å². The van der Waals surface area contributed by atoms with Gasteiger partial charge in [-0.1, -0.05) is 0 Å². The second-order valence-electron chi connectivity index (χ2n) is 0.415. The molecule has 0 unspecified atom stereocenters. The van der Waals surface area contributed by atoms with Gasteiger partial charge >= 0.3 is 29.4 Å². The van der Waals surface area contributed by atoms with Crippen LogP contribution in [0.5, 0.6) is 0 Å². The van der Waals surface area contributed by atoms with Crippen LogP contribution in [0.1, 0.15) is 0 Å². The van der Waals surface area contributed by atoms with Gasteiger partial charge in [-0.05, 0) is 0 Å². The Hall–Kier alpha value is 0.329. The van der Waals surface area contributed by atoms with Crippen LogP contribution in [0.4, 0.5) is 0 Å². The van der Waals surface area contributed by atoms with Crippen LogP contribution >= 0.6 is 12.4 Å². The van der Waals surface area contributed by atoms with Crippen LogP contribution in [0.3, 0.4) is 0 Å². The molecular weight excluding hydrogens is 154 g/mol. The van der Waals surface area contributed by atoms with Crippen molar-refractivity contribution in [2.45, 2.75) is 0 Å². The van der Waals surface area contributed by atoms with Crippen LogP contribution in [0.25, 0.3) is 0 Å². The van der Waals surface area contributed by atoms with Crippen molar-refractivity contribution in [2.24, 2.45) is 0 Å². The first-order valence-corrected chi connectivity index (χ1v) is 2.67. The van der Waals surface area contributed by atoms with Crippen molar-refractivity contribution in [1.29, 1.82) is 0 Å². The topological polar surface area (TPSA) is 74.6 Å². The molecule has 0 bridgehead atoms. The first kappa shape index (κ1) is 9.59. The van der Waals surface area contributed by atoms with Crippen molar-refractivity contribution >= 4 is 12.4 Å². The SMILES string of the molecule is Cl.[O]=[Mn](=[O])([OH])[OH]. The third-order valence-electron chi connectivity index (χ3n) is 0. The molecule has 0 aliphatic heterocycles. The molecule has 0 radical (unpaired) electrons. The van der Waals surface area contributed by atoms with Gasteiger partial charge in [0, 0.05) is 0 Å². The minimum absolute atomic E-state index is 0. The van der Waals surface area contributed by atoms with E-state index in [1.165, 1.54) is 0 Å². The van der Waals surface area contributed by atoms with Crippen molar-refractivity contribution in [3.8, 4) is 0 Å². The summed E-state index contributed by atoms with van der Waals surface area (Å²) in [5.41, 5.74) is 0. The molecule has 4 nitrogen and oxygen atoms in total. The van der Waals surface area contributed by atoms with Gasteiger partial charge in [-0.15, -0.1) is 12.4 Å². The van der Waals surface area contributed by atoms with E-state index in [9.17, 15) is 0 Å². The predicted molar refractivity (Wildman–Crippen MR) is 13.1 cm³/mol. The molecule has 6 heteroatoms. The van der Waals surface area contributed by atoms with Crippen LogP contribution < -0.4 is 0 Å². The molecule has 6 heavy (non-hydrogen) atoms. The van der Waals surface area contributed by atoms with E-state index in [-0.39, 0.29) is 12.4 Å². The van der Waals surface area contributed by atoms with Crippen LogP contribution in [0.15, 0.2) is 0 Å². The van der Waals surface area contributed by atoms with E-state index < -0.39 is 13.4 Å². The Labute approximate surface area is 42.5 Å². The Morgan fingerprint density at radius 2 is 1.17 bits per heavy atom. The molecule has 0 atom stereocenters. The van der Waals surface area contributed by atoms with E-state index in [0.717, 1.165) is 0 Å². The zero-order valence-electron chi connectivity index (χ0n) is 2.50. The molecule has 0 aliphatic rings. The Balaban J connectivity index is 0. The Morgan fingerprint density at radius 3 is 1.17 bits per heavy atom. The zero-order chi connectivity index (χ0) is 4.50. The number of rotatable bonds is 0. The summed E-state index contributed by atoms with van der Waals surface area (Å²) in [4.78, 5) is 0. The van der Waals surface area contributed by atoms with Crippen molar-refractivity contribution in [1.82, 2.24) is 0 Å². The van der Waals surface area contributed by atoms with Crippen LogP contribution in [-0.2, 0) is 21.0 Å². The van der Waals surface area contributed by atoms with E-state index in [1.807, 2.05) is 0 Å². The fourth-order valence-corrected chi connectivity index (χ4v) is 0. The Bertz CT molecular complexity index is 90.7. The molecule has 0 aromatic carbocycles. The molecule has 0 fully saturated rings. The number of hydrogen-bond acceptors (Lipinski definition) is 2. The Morgan fingerprint density at radius 1 is 1.17 bits per heavy atom. The molecule has 0 amide bonds. The summed E-state index contributed by atoms with van der Waals surface area (Å²) in [6.07, 6.45) is 0. The van der Waals surface area contributed by atoms with E-state index in [0.29, 0.717) is 0 Å². The summed E-state index contributed by atoms with van der Waals surface area (Å²) in [5.74, 6) is 0. The van der Waals surface area contributed by atoms with Gasteiger partial charge < -0.3 is 0 Å². The van der Waals surface area contributed by atoms with Gasteiger partial charge in [0.1, 0.15) is 0 Å². The van der Waals surface area contributed by atoms with Crippen LogP contribution in [0, 0.1) is 0 Å². The molecule has 0 heterocycles. The summed E-state index contributed by atoms with van der Waals surface area (Å²) in [6, 6.07) is 0. The summed E-state index contributed by atoms with van der Waals surface area (Å²) in [5, 5.41) is 0. The molecular formula is H3ClMnO4. The second kappa shape index (κ2) is 2.49. The summed E-state index contributed by atoms with van der Waals surface area (Å²) >= 11 is -5.12. The average Bonchev–Trinajstić information content (AvgIpc) is 0.722. The number of halogens is 1. The average molecular weight is 157 g/mol. The fraction of sp³-hybridized carbons (Fsp3) is 0. The van der Waals surface area contributed by atoms with E-state index in [2.05, 4.69) is 0 Å². The monoisotopic (exact) mass is 157 g/mol. The maximum atomic E-state index is 8.80. The van der Waals surface area contributed by atoms with Gasteiger partial charge in [0.25, 0.3) is 0 Å². The van der Waals surface area contributed by atoms with Crippen molar-refractivity contribution < 1.29 is 29.4 Å². The quantitative estimate of drug-likeness (QED) is 0.446. The zero-order valence-corrected chi connectivity index (χ0v) is 4.49. The van der Waals surface area contributed by atoms with Gasteiger partial charge in [-0.3, -0.25) is 0 Å². The molecule has 2 N–H and O–H groups in total. The van der Waals surface area contributed by atoms with Gasteiger partial charge in [-0.25, -0.2) is 0 Å². The van der Waals surface area contributed by atoms with Crippen molar-refractivity contribution in [3.63, 3.8) is 0 Å². The molecule has 0 rings (SSSR count). The third kappa shape index (κ3) is 442. The predicted octanol–water partition coefficient (Wildman–Crippen LogP) is -0.932. The standard InChI is InChI=1S/ClH.Mn.2H2O.2O/h1H;;2*1H2;;/q;+2;;;;/p-2. The van der Waals surface area contributed by atoms with Crippen molar-refractivity contribution in [2.75, 3.05) is 0 Å². The van der Waals surface area contributed by atoms with Crippen molar-refractivity contribution in [3.05, 3.63) is 0 Å². The minimum atomic E-state index is -5.12. The van der Waals surface area contributed by atoms with Gasteiger partial charge in [0.15, 0.2) is 0 Å². The van der Waals surface area contributed by atoms with Gasteiger partial charge in [0.2, 0.25) is 0 Å². The van der Waals surface area contributed by atoms with E-state index in [4.69, 9.17) is 16.0 Å². The molecule has 0 aromatic rings. The van der Waals surface area contributed by atoms with Crippen LogP contribution in [-0.4, -0.2) is 8.38 Å². The Kier molecular flexibility index (Phi) is 3.99. The van der Waals surface area contributed by atoms with Gasteiger partial charge in [-0.2, -0.15) is 0 Å². The summed E-state index contributed by atoms with van der Waals surface area (Å²) in [7, 11) is 0. The van der Waals surface area contributed by atoms with Crippen LogP contribution in [0.2, 0.25) is 0 Å². The molecule has 0 spiro atoms. The molecule has 0 aromatic heterocycles. The first-order chi connectivity index (χ1) is 2.00. The number of hydrogen-bond donors (Lipinski definition) is 2.